The van der Waals surface area contributed by atoms with E-state index in [4.69, 9.17) is 11.6 Å². The maximum atomic E-state index is 12.5. The van der Waals surface area contributed by atoms with E-state index in [1.807, 2.05) is 12.1 Å². The number of nitrogens with one attached hydrogen (secondary N) is 2. The Morgan fingerprint density at radius 2 is 2.00 bits per heavy atom. The topological polar surface area (TPSA) is 85.3 Å². The van der Waals surface area contributed by atoms with E-state index in [0.29, 0.717) is 29.2 Å². The number of hydrogen-bond donors (Lipinski definition) is 4. The van der Waals surface area contributed by atoms with E-state index >= 15 is 0 Å². The van der Waals surface area contributed by atoms with Gasteiger partial charge in [0.25, 0.3) is 5.91 Å². The highest BCUT2D eigenvalue weighted by atomic mass is 35.5. The van der Waals surface area contributed by atoms with Crippen LogP contribution in [0.25, 0.3) is 10.9 Å². The van der Waals surface area contributed by atoms with Gasteiger partial charge < -0.3 is 20.5 Å². The summed E-state index contributed by atoms with van der Waals surface area (Å²) in [6.07, 6.45) is -0.422. The number of aliphatic hydroxyl groups is 2. The van der Waals surface area contributed by atoms with Crippen LogP contribution in [0.3, 0.4) is 0 Å². The molecule has 3 aromatic rings. The van der Waals surface area contributed by atoms with Gasteiger partial charge >= 0.3 is 0 Å². The molecule has 0 saturated carbocycles. The van der Waals surface area contributed by atoms with Gasteiger partial charge in [0.2, 0.25) is 0 Å². The molecule has 2 aromatic carbocycles. The number of benzene rings is 2. The molecule has 0 bridgehead atoms. The van der Waals surface area contributed by atoms with Crippen LogP contribution in [0.2, 0.25) is 5.02 Å². The predicted octanol–water partition coefficient (Wildman–Crippen LogP) is 3.41. The lowest BCUT2D eigenvalue weighted by Crippen LogP contribution is -2.25. The van der Waals surface area contributed by atoms with Gasteiger partial charge in [-0.15, -0.1) is 0 Å². The SMILES string of the molecule is O=C(Nc1ccc2c(c1)CC[C@H](O)[C@H]2O)c1cc2cc(Cl)ccc2[nH]1. The van der Waals surface area contributed by atoms with Crippen LogP contribution in [-0.4, -0.2) is 27.2 Å². The second-order valence-electron chi connectivity index (χ2n) is 6.33. The van der Waals surface area contributed by atoms with Crippen LogP contribution in [0, 0.1) is 0 Å². The summed E-state index contributed by atoms with van der Waals surface area (Å²) >= 11 is 5.97. The van der Waals surface area contributed by atoms with Crippen molar-refractivity contribution in [3.63, 3.8) is 0 Å². The van der Waals surface area contributed by atoms with Gasteiger partial charge in [-0.2, -0.15) is 0 Å². The van der Waals surface area contributed by atoms with E-state index in [2.05, 4.69) is 10.3 Å². The molecular weight excluding hydrogens is 340 g/mol. The number of rotatable bonds is 2. The zero-order chi connectivity index (χ0) is 17.6. The summed E-state index contributed by atoms with van der Waals surface area (Å²) in [7, 11) is 0. The third-order valence-corrected chi connectivity index (χ3v) is 4.86. The number of fused-ring (bicyclic) bond motifs is 2. The summed E-state index contributed by atoms with van der Waals surface area (Å²) in [6, 6.07) is 12.5. The summed E-state index contributed by atoms with van der Waals surface area (Å²) in [5.41, 5.74) is 3.61. The van der Waals surface area contributed by atoms with Crippen molar-refractivity contribution in [1.82, 2.24) is 4.98 Å². The third-order valence-electron chi connectivity index (χ3n) is 4.62. The highest BCUT2D eigenvalue weighted by Crippen LogP contribution is 2.32. The Labute approximate surface area is 149 Å². The zero-order valence-electron chi connectivity index (χ0n) is 13.3. The maximum Gasteiger partial charge on any atom is 0.272 e. The van der Waals surface area contributed by atoms with Crippen LogP contribution in [0.15, 0.2) is 42.5 Å². The molecule has 1 heterocycles. The highest BCUT2D eigenvalue weighted by Gasteiger charge is 2.26. The summed E-state index contributed by atoms with van der Waals surface area (Å²) in [6.45, 7) is 0. The second kappa shape index (κ2) is 6.19. The quantitative estimate of drug-likeness (QED) is 0.567. The molecule has 1 amide bonds. The normalized spacial score (nSPS) is 19.6. The molecule has 5 nitrogen and oxygen atoms in total. The number of halogens is 1. The number of H-pyrrole nitrogens is 1. The van der Waals surface area contributed by atoms with Crippen LogP contribution in [0.5, 0.6) is 0 Å². The average molecular weight is 357 g/mol. The first-order valence-electron chi connectivity index (χ1n) is 8.10. The van der Waals surface area contributed by atoms with E-state index in [0.717, 1.165) is 22.0 Å². The molecule has 0 saturated heterocycles. The molecule has 0 unspecified atom stereocenters. The van der Waals surface area contributed by atoms with Crippen molar-refractivity contribution < 1.29 is 15.0 Å². The molecule has 0 aliphatic heterocycles. The van der Waals surface area contributed by atoms with Crippen LogP contribution in [0.4, 0.5) is 5.69 Å². The first-order chi connectivity index (χ1) is 12.0. The number of aromatic amines is 1. The molecule has 1 aromatic heterocycles. The first kappa shape index (κ1) is 16.1. The predicted molar refractivity (Wildman–Crippen MR) is 97.0 cm³/mol. The Kier molecular flexibility index (Phi) is 4.00. The Hall–Kier alpha value is -2.34. The van der Waals surface area contributed by atoms with Crippen LogP contribution >= 0.6 is 11.6 Å². The smallest absolute Gasteiger partial charge is 0.272 e. The molecular formula is C19H17ClN2O3. The highest BCUT2D eigenvalue weighted by molar-refractivity contribution is 6.31. The van der Waals surface area contributed by atoms with Gasteiger partial charge in [0.15, 0.2) is 0 Å². The van der Waals surface area contributed by atoms with E-state index < -0.39 is 12.2 Å². The molecule has 1 aliphatic carbocycles. The molecule has 4 rings (SSSR count). The molecule has 6 heteroatoms. The number of anilines is 1. The first-order valence-corrected chi connectivity index (χ1v) is 8.47. The minimum absolute atomic E-state index is 0.247. The average Bonchev–Trinajstić information content (AvgIpc) is 3.01. The Bertz CT molecular complexity index is 966. The van der Waals surface area contributed by atoms with Gasteiger partial charge in [-0.05, 0) is 60.4 Å². The number of amides is 1. The standard InChI is InChI=1S/C19H17ClN2O3/c20-12-2-5-15-11(7-12)9-16(22-15)19(25)21-13-3-4-14-10(8-13)1-6-17(23)18(14)24/h2-5,7-9,17-18,22-24H,1,6H2,(H,21,25)/t17-,18-/m0/s1. The van der Waals surface area contributed by atoms with Crippen LogP contribution in [0.1, 0.15) is 34.1 Å². The molecule has 1 aliphatic rings. The van der Waals surface area contributed by atoms with E-state index in [1.54, 1.807) is 30.3 Å². The van der Waals surface area contributed by atoms with Gasteiger partial charge in [-0.3, -0.25) is 4.79 Å². The minimum Gasteiger partial charge on any atom is -0.390 e. The number of aromatic nitrogens is 1. The van der Waals surface area contributed by atoms with Crippen molar-refractivity contribution in [2.45, 2.75) is 25.0 Å². The summed E-state index contributed by atoms with van der Waals surface area (Å²) < 4.78 is 0. The lowest BCUT2D eigenvalue weighted by atomic mass is 9.87. The van der Waals surface area contributed by atoms with Gasteiger partial charge in [0.05, 0.1) is 6.10 Å². The number of aliphatic hydroxyl groups excluding tert-OH is 2. The van der Waals surface area contributed by atoms with Gasteiger partial charge in [-0.25, -0.2) is 0 Å². The number of aryl methyl sites for hydroxylation is 1. The molecule has 25 heavy (non-hydrogen) atoms. The van der Waals surface area contributed by atoms with Gasteiger partial charge in [0.1, 0.15) is 11.8 Å². The van der Waals surface area contributed by atoms with E-state index in [9.17, 15) is 15.0 Å². The number of carbonyl (C=O) groups is 1. The Morgan fingerprint density at radius 3 is 2.84 bits per heavy atom. The van der Waals surface area contributed by atoms with E-state index in [1.165, 1.54) is 0 Å². The molecule has 128 valence electrons. The van der Waals surface area contributed by atoms with Gasteiger partial charge in [0, 0.05) is 21.6 Å². The lowest BCUT2D eigenvalue weighted by Gasteiger charge is -2.26. The van der Waals surface area contributed by atoms with Crippen molar-refractivity contribution in [3.8, 4) is 0 Å². The van der Waals surface area contributed by atoms with Gasteiger partial charge in [-0.1, -0.05) is 17.7 Å². The van der Waals surface area contributed by atoms with Crippen molar-refractivity contribution in [2.24, 2.45) is 0 Å². The zero-order valence-corrected chi connectivity index (χ0v) is 14.0. The van der Waals surface area contributed by atoms with Crippen molar-refractivity contribution in [1.29, 1.82) is 0 Å². The number of carbonyl (C=O) groups excluding carboxylic acids is 1. The van der Waals surface area contributed by atoms with Crippen molar-refractivity contribution in [3.05, 3.63) is 64.3 Å². The van der Waals surface area contributed by atoms with Crippen LogP contribution in [-0.2, 0) is 6.42 Å². The summed E-state index contributed by atoms with van der Waals surface area (Å²) in [5.74, 6) is -0.247. The fraction of sp³-hybridized carbons (Fsp3) is 0.211. The maximum absolute atomic E-state index is 12.5. The van der Waals surface area contributed by atoms with Crippen molar-refractivity contribution >= 4 is 34.1 Å². The third kappa shape index (κ3) is 3.02. The molecule has 0 radical (unpaired) electrons. The fourth-order valence-electron chi connectivity index (χ4n) is 3.28. The Morgan fingerprint density at radius 1 is 1.16 bits per heavy atom. The minimum atomic E-state index is -0.869. The lowest BCUT2D eigenvalue weighted by molar-refractivity contribution is 0.00651. The second-order valence-corrected chi connectivity index (χ2v) is 6.77. The summed E-state index contributed by atoms with van der Waals surface area (Å²) in [5, 5.41) is 24.1. The summed E-state index contributed by atoms with van der Waals surface area (Å²) in [4.78, 5) is 15.6. The Balaban J connectivity index is 1.58. The molecule has 0 fully saturated rings. The monoisotopic (exact) mass is 356 g/mol. The number of hydrogen-bond acceptors (Lipinski definition) is 3. The van der Waals surface area contributed by atoms with Crippen LogP contribution < -0.4 is 5.32 Å². The van der Waals surface area contributed by atoms with E-state index in [-0.39, 0.29) is 5.91 Å². The van der Waals surface area contributed by atoms with Crippen molar-refractivity contribution in [2.75, 3.05) is 5.32 Å². The fourth-order valence-corrected chi connectivity index (χ4v) is 3.46. The largest absolute Gasteiger partial charge is 0.390 e. The molecule has 2 atom stereocenters. The molecule has 4 N–H and O–H groups in total. The molecule has 0 spiro atoms.